The Bertz CT molecular complexity index is 623. The van der Waals surface area contributed by atoms with E-state index in [1.165, 1.54) is 5.56 Å². The number of amides is 1. The first kappa shape index (κ1) is 15.6. The van der Waals surface area contributed by atoms with Crippen molar-refractivity contribution in [2.45, 2.75) is 20.3 Å². The average Bonchev–Trinajstić information content (AvgIpc) is 2.50. The molecule has 0 radical (unpaired) electrons. The van der Waals surface area contributed by atoms with Crippen LogP contribution in [-0.2, 0) is 6.42 Å². The molecule has 0 saturated carbocycles. The Morgan fingerprint density at radius 3 is 2.43 bits per heavy atom. The second kappa shape index (κ2) is 7.27. The fourth-order valence-electron chi connectivity index (χ4n) is 1.94. The van der Waals surface area contributed by atoms with Gasteiger partial charge in [0.25, 0.3) is 5.91 Å². The summed E-state index contributed by atoms with van der Waals surface area (Å²) in [6.45, 7) is 4.62. The van der Waals surface area contributed by atoms with Gasteiger partial charge in [0.05, 0.1) is 11.1 Å². The van der Waals surface area contributed by atoms with Gasteiger partial charge in [0.2, 0.25) is 0 Å². The van der Waals surface area contributed by atoms with Gasteiger partial charge in [-0.25, -0.2) is 0 Å². The van der Waals surface area contributed by atoms with E-state index in [2.05, 4.69) is 28.2 Å². The van der Waals surface area contributed by atoms with Crippen molar-refractivity contribution in [2.24, 2.45) is 0 Å². The molecule has 0 bridgehead atoms. The topological polar surface area (TPSA) is 38.3 Å². The highest BCUT2D eigenvalue weighted by molar-refractivity contribution is 9.10. The average molecular weight is 348 g/mol. The molecule has 0 aromatic heterocycles. The summed E-state index contributed by atoms with van der Waals surface area (Å²) in [6.07, 6.45) is 0.986. The molecule has 0 saturated heterocycles. The van der Waals surface area contributed by atoms with Gasteiger partial charge in [-0.2, -0.15) is 0 Å². The van der Waals surface area contributed by atoms with Gasteiger partial charge in [0.1, 0.15) is 5.75 Å². The third-order valence-corrected chi connectivity index (χ3v) is 3.73. The Labute approximate surface area is 133 Å². The maximum absolute atomic E-state index is 12.2. The van der Waals surface area contributed by atoms with Crippen LogP contribution in [0.3, 0.4) is 0 Å². The number of aryl methyl sites for hydroxylation is 1. The van der Waals surface area contributed by atoms with Crippen LogP contribution in [0.1, 0.15) is 29.8 Å². The summed E-state index contributed by atoms with van der Waals surface area (Å²) < 4.78 is 6.21. The summed E-state index contributed by atoms with van der Waals surface area (Å²) >= 11 is 3.42. The predicted octanol–water partition coefficient (Wildman–Crippen LogP) is 4.66. The van der Waals surface area contributed by atoms with Crippen LogP contribution in [0.25, 0.3) is 0 Å². The minimum absolute atomic E-state index is 0.136. The van der Waals surface area contributed by atoms with Crippen molar-refractivity contribution in [3.8, 4) is 5.75 Å². The number of anilines is 1. The van der Waals surface area contributed by atoms with E-state index >= 15 is 0 Å². The molecular formula is C17H18BrNO2. The molecule has 2 rings (SSSR count). The summed E-state index contributed by atoms with van der Waals surface area (Å²) in [5, 5.41) is 2.89. The van der Waals surface area contributed by atoms with Crippen molar-refractivity contribution in [3.63, 3.8) is 0 Å². The molecule has 0 aliphatic heterocycles. The predicted molar refractivity (Wildman–Crippen MR) is 89.1 cm³/mol. The molecule has 21 heavy (non-hydrogen) atoms. The first-order chi connectivity index (χ1) is 10.1. The van der Waals surface area contributed by atoms with E-state index in [0.29, 0.717) is 12.2 Å². The molecule has 110 valence electrons. The van der Waals surface area contributed by atoms with E-state index in [9.17, 15) is 4.79 Å². The number of halogens is 1. The quantitative estimate of drug-likeness (QED) is 0.853. The highest BCUT2D eigenvalue weighted by atomic mass is 79.9. The molecular weight excluding hydrogens is 330 g/mol. The molecule has 0 spiro atoms. The van der Waals surface area contributed by atoms with E-state index in [4.69, 9.17) is 4.74 Å². The van der Waals surface area contributed by atoms with Crippen molar-refractivity contribution in [2.75, 3.05) is 11.9 Å². The van der Waals surface area contributed by atoms with Gasteiger partial charge in [-0.15, -0.1) is 0 Å². The van der Waals surface area contributed by atoms with Gasteiger partial charge < -0.3 is 10.1 Å². The minimum Gasteiger partial charge on any atom is -0.493 e. The molecule has 1 N–H and O–H groups in total. The third-order valence-electron chi connectivity index (χ3n) is 3.11. The number of carbonyl (C=O) groups is 1. The number of hydrogen-bond acceptors (Lipinski definition) is 2. The van der Waals surface area contributed by atoms with Crippen LogP contribution < -0.4 is 10.1 Å². The normalized spacial score (nSPS) is 10.2. The molecule has 3 nitrogen and oxygen atoms in total. The largest absolute Gasteiger partial charge is 0.493 e. The van der Waals surface area contributed by atoms with Crippen LogP contribution in [0.2, 0.25) is 0 Å². The Morgan fingerprint density at radius 2 is 1.86 bits per heavy atom. The number of rotatable bonds is 5. The number of hydrogen-bond donors (Lipinski definition) is 1. The van der Waals surface area contributed by atoms with E-state index in [0.717, 1.165) is 22.3 Å². The lowest BCUT2D eigenvalue weighted by molar-refractivity contribution is 0.102. The lowest BCUT2D eigenvalue weighted by Gasteiger charge is -2.09. The minimum atomic E-state index is -0.136. The second-order valence-corrected chi connectivity index (χ2v) is 5.44. The summed E-state index contributed by atoms with van der Waals surface area (Å²) in [6, 6.07) is 13.2. The van der Waals surface area contributed by atoms with E-state index in [1.807, 2.05) is 31.2 Å². The van der Waals surface area contributed by atoms with E-state index < -0.39 is 0 Å². The molecule has 0 fully saturated rings. The van der Waals surface area contributed by atoms with Gasteiger partial charge in [0, 0.05) is 11.3 Å². The van der Waals surface area contributed by atoms with Gasteiger partial charge in [-0.05, 0) is 65.2 Å². The first-order valence-electron chi connectivity index (χ1n) is 6.96. The fraction of sp³-hybridized carbons (Fsp3) is 0.235. The van der Waals surface area contributed by atoms with Crippen LogP contribution in [0.4, 0.5) is 5.69 Å². The number of nitrogens with one attached hydrogen (secondary N) is 1. The molecule has 2 aromatic carbocycles. The maximum atomic E-state index is 12.2. The molecule has 0 atom stereocenters. The van der Waals surface area contributed by atoms with Crippen molar-refractivity contribution in [3.05, 3.63) is 58.1 Å². The van der Waals surface area contributed by atoms with Crippen LogP contribution in [0.15, 0.2) is 46.9 Å². The Hall–Kier alpha value is -1.81. The molecule has 0 aliphatic rings. The first-order valence-corrected chi connectivity index (χ1v) is 7.76. The summed E-state index contributed by atoms with van der Waals surface area (Å²) in [4.78, 5) is 12.2. The van der Waals surface area contributed by atoms with Crippen LogP contribution >= 0.6 is 15.9 Å². The van der Waals surface area contributed by atoms with Crippen LogP contribution in [0.5, 0.6) is 5.75 Å². The van der Waals surface area contributed by atoms with Crippen molar-refractivity contribution < 1.29 is 9.53 Å². The Morgan fingerprint density at radius 1 is 1.14 bits per heavy atom. The van der Waals surface area contributed by atoms with Crippen molar-refractivity contribution >= 4 is 27.5 Å². The van der Waals surface area contributed by atoms with Gasteiger partial charge in [-0.1, -0.05) is 19.1 Å². The zero-order valence-electron chi connectivity index (χ0n) is 12.2. The molecule has 0 heterocycles. The van der Waals surface area contributed by atoms with Gasteiger partial charge in [-0.3, -0.25) is 4.79 Å². The van der Waals surface area contributed by atoms with E-state index in [1.54, 1.807) is 18.2 Å². The van der Waals surface area contributed by atoms with Crippen molar-refractivity contribution in [1.29, 1.82) is 0 Å². The number of carbonyl (C=O) groups excluding carboxylic acids is 1. The molecule has 0 unspecified atom stereocenters. The smallest absolute Gasteiger partial charge is 0.255 e. The summed E-state index contributed by atoms with van der Waals surface area (Å²) in [7, 11) is 0. The summed E-state index contributed by atoms with van der Waals surface area (Å²) in [5.74, 6) is 0.601. The number of ether oxygens (including phenoxy) is 1. The van der Waals surface area contributed by atoms with E-state index in [-0.39, 0.29) is 5.91 Å². The molecule has 4 heteroatoms. The third kappa shape index (κ3) is 4.08. The maximum Gasteiger partial charge on any atom is 0.255 e. The Balaban J connectivity index is 2.10. The van der Waals surface area contributed by atoms with Gasteiger partial charge in [0.15, 0.2) is 0 Å². The standard InChI is InChI=1S/C17H18BrNO2/c1-3-12-5-8-14(9-6-12)19-17(20)13-7-10-16(21-4-2)15(18)11-13/h5-11H,3-4H2,1-2H3,(H,19,20). The lowest BCUT2D eigenvalue weighted by atomic mass is 10.1. The molecule has 0 aliphatic carbocycles. The van der Waals surface area contributed by atoms with Crippen LogP contribution in [-0.4, -0.2) is 12.5 Å². The Kier molecular flexibility index (Phi) is 5.39. The fourth-order valence-corrected chi connectivity index (χ4v) is 2.43. The molecule has 2 aromatic rings. The zero-order valence-corrected chi connectivity index (χ0v) is 13.7. The highest BCUT2D eigenvalue weighted by Gasteiger charge is 2.09. The molecule has 1 amide bonds. The SMILES string of the molecule is CCOc1ccc(C(=O)Nc2ccc(CC)cc2)cc1Br. The zero-order chi connectivity index (χ0) is 15.2. The van der Waals surface area contributed by atoms with Crippen LogP contribution in [0, 0.1) is 0 Å². The summed E-state index contributed by atoms with van der Waals surface area (Å²) in [5.41, 5.74) is 2.63. The second-order valence-electron chi connectivity index (χ2n) is 4.58. The monoisotopic (exact) mass is 347 g/mol. The van der Waals surface area contributed by atoms with Crippen molar-refractivity contribution in [1.82, 2.24) is 0 Å². The lowest BCUT2D eigenvalue weighted by Crippen LogP contribution is -2.12. The van der Waals surface area contributed by atoms with Gasteiger partial charge >= 0.3 is 0 Å². The number of benzene rings is 2. The highest BCUT2D eigenvalue weighted by Crippen LogP contribution is 2.26.